The van der Waals surface area contributed by atoms with Crippen LogP contribution in [0.25, 0.3) is 0 Å². The van der Waals surface area contributed by atoms with E-state index in [0.29, 0.717) is 18.8 Å². The van der Waals surface area contributed by atoms with Gasteiger partial charge in [-0.15, -0.1) is 0 Å². The summed E-state index contributed by atoms with van der Waals surface area (Å²) in [6.07, 6.45) is 1.52. The van der Waals surface area contributed by atoms with Gasteiger partial charge in [0.2, 0.25) is 0 Å². The Hall–Kier alpha value is -1.49. The summed E-state index contributed by atoms with van der Waals surface area (Å²) in [5.74, 6) is 0.558. The molecule has 0 bridgehead atoms. The highest BCUT2D eigenvalue weighted by atomic mass is 16.3. The van der Waals surface area contributed by atoms with Crippen LogP contribution >= 0.6 is 0 Å². The molecule has 0 aliphatic carbocycles. The molecular weight excluding hydrogens is 208 g/mol. The average molecular weight is 226 g/mol. The van der Waals surface area contributed by atoms with E-state index < -0.39 is 6.04 Å². The number of hydrogen-bond donors (Lipinski definition) is 2. The summed E-state index contributed by atoms with van der Waals surface area (Å²) in [6, 6.07) is 2.77. The Kier molecular flexibility index (Phi) is 4.85. The summed E-state index contributed by atoms with van der Waals surface area (Å²) in [5.41, 5.74) is 0. The fourth-order valence-corrected chi connectivity index (χ4v) is 1.45. The number of aliphatic hydroxyl groups is 1. The summed E-state index contributed by atoms with van der Waals surface area (Å²) < 4.78 is 5.14. The first-order chi connectivity index (χ1) is 7.72. The molecular formula is C11H18N2O3. The molecule has 90 valence electrons. The van der Waals surface area contributed by atoms with E-state index in [-0.39, 0.29) is 12.6 Å². The van der Waals surface area contributed by atoms with Gasteiger partial charge >= 0.3 is 6.03 Å². The largest absolute Gasteiger partial charge is 0.467 e. The average Bonchev–Trinajstić information content (AvgIpc) is 2.81. The van der Waals surface area contributed by atoms with Gasteiger partial charge in [-0.1, -0.05) is 0 Å². The third-order valence-electron chi connectivity index (χ3n) is 2.42. The van der Waals surface area contributed by atoms with Crippen LogP contribution in [0, 0.1) is 0 Å². The van der Waals surface area contributed by atoms with Crippen molar-refractivity contribution >= 4 is 6.03 Å². The Balaban J connectivity index is 2.60. The quantitative estimate of drug-likeness (QED) is 0.796. The molecule has 0 spiro atoms. The van der Waals surface area contributed by atoms with Crippen LogP contribution in [0.4, 0.5) is 4.79 Å². The van der Waals surface area contributed by atoms with Crippen LogP contribution in [0.15, 0.2) is 22.8 Å². The Morgan fingerprint density at radius 2 is 2.25 bits per heavy atom. The molecule has 0 aromatic carbocycles. The van der Waals surface area contributed by atoms with E-state index >= 15 is 0 Å². The van der Waals surface area contributed by atoms with E-state index in [1.54, 1.807) is 17.0 Å². The zero-order valence-electron chi connectivity index (χ0n) is 9.64. The van der Waals surface area contributed by atoms with Crippen molar-refractivity contribution in [1.29, 1.82) is 0 Å². The van der Waals surface area contributed by atoms with Crippen LogP contribution in [-0.2, 0) is 0 Å². The number of furan rings is 1. The fourth-order valence-electron chi connectivity index (χ4n) is 1.45. The number of carbonyl (C=O) groups is 1. The van der Waals surface area contributed by atoms with Crippen molar-refractivity contribution in [3.8, 4) is 0 Å². The number of nitrogens with zero attached hydrogens (tertiary/aromatic N) is 1. The summed E-state index contributed by atoms with van der Waals surface area (Å²) in [6.45, 7) is 4.91. The minimum Gasteiger partial charge on any atom is -0.467 e. The van der Waals surface area contributed by atoms with Crippen LogP contribution in [-0.4, -0.2) is 35.7 Å². The summed E-state index contributed by atoms with van der Waals surface area (Å²) in [7, 11) is 0. The summed E-state index contributed by atoms with van der Waals surface area (Å²) in [4.78, 5) is 13.4. The highest BCUT2D eigenvalue weighted by Crippen LogP contribution is 2.12. The van der Waals surface area contributed by atoms with Gasteiger partial charge in [-0.25, -0.2) is 4.79 Å². The molecule has 1 atom stereocenters. The highest BCUT2D eigenvalue weighted by molar-refractivity contribution is 5.74. The zero-order chi connectivity index (χ0) is 12.0. The Bertz CT molecular complexity index is 307. The molecule has 1 aromatic rings. The Morgan fingerprint density at radius 3 is 2.69 bits per heavy atom. The standard InChI is InChI=1S/C11H18N2O3/c1-3-13(4-2)11(15)12-9(8-14)10-6-5-7-16-10/h5-7,9,14H,3-4,8H2,1-2H3,(H,12,15). The van der Waals surface area contributed by atoms with Gasteiger partial charge in [-0.3, -0.25) is 0 Å². The topological polar surface area (TPSA) is 65.7 Å². The zero-order valence-corrected chi connectivity index (χ0v) is 9.64. The van der Waals surface area contributed by atoms with Crippen molar-refractivity contribution in [2.75, 3.05) is 19.7 Å². The van der Waals surface area contributed by atoms with Crippen molar-refractivity contribution in [3.63, 3.8) is 0 Å². The summed E-state index contributed by atoms with van der Waals surface area (Å²) >= 11 is 0. The lowest BCUT2D eigenvalue weighted by Crippen LogP contribution is -2.42. The third kappa shape index (κ3) is 3.00. The molecule has 5 heteroatoms. The van der Waals surface area contributed by atoms with Crippen LogP contribution in [0.1, 0.15) is 25.6 Å². The van der Waals surface area contributed by atoms with Gasteiger partial charge < -0.3 is 19.7 Å². The lowest BCUT2D eigenvalue weighted by molar-refractivity contribution is 0.180. The molecule has 0 aliphatic rings. The lowest BCUT2D eigenvalue weighted by Gasteiger charge is -2.22. The van der Waals surface area contributed by atoms with Gasteiger partial charge in [0.25, 0.3) is 0 Å². The monoisotopic (exact) mass is 226 g/mol. The number of amides is 2. The molecule has 0 radical (unpaired) electrons. The molecule has 1 heterocycles. The maximum Gasteiger partial charge on any atom is 0.318 e. The molecule has 0 aliphatic heterocycles. The molecule has 2 N–H and O–H groups in total. The maximum atomic E-state index is 11.7. The molecule has 2 amide bonds. The third-order valence-corrected chi connectivity index (χ3v) is 2.42. The second-order valence-corrected chi connectivity index (χ2v) is 3.37. The Labute approximate surface area is 95.0 Å². The van der Waals surface area contributed by atoms with Crippen molar-refractivity contribution in [2.24, 2.45) is 0 Å². The van der Waals surface area contributed by atoms with Gasteiger partial charge in [-0.05, 0) is 26.0 Å². The van der Waals surface area contributed by atoms with Gasteiger partial charge in [0, 0.05) is 13.1 Å². The van der Waals surface area contributed by atoms with Gasteiger partial charge in [0.05, 0.1) is 12.9 Å². The van der Waals surface area contributed by atoms with Crippen molar-refractivity contribution < 1.29 is 14.3 Å². The summed E-state index contributed by atoms with van der Waals surface area (Å²) in [5, 5.41) is 11.9. The van der Waals surface area contributed by atoms with Crippen LogP contribution in [0.3, 0.4) is 0 Å². The van der Waals surface area contributed by atoms with E-state index in [4.69, 9.17) is 4.42 Å². The number of carbonyl (C=O) groups excluding carboxylic acids is 1. The lowest BCUT2D eigenvalue weighted by atomic mass is 10.2. The van der Waals surface area contributed by atoms with E-state index in [1.165, 1.54) is 6.26 Å². The highest BCUT2D eigenvalue weighted by Gasteiger charge is 2.18. The predicted octanol–water partition coefficient (Wildman–Crippen LogP) is 1.36. The number of nitrogens with one attached hydrogen (secondary N) is 1. The number of rotatable bonds is 5. The molecule has 0 saturated heterocycles. The SMILES string of the molecule is CCN(CC)C(=O)NC(CO)c1ccco1. The van der Waals surface area contributed by atoms with Crippen molar-refractivity contribution in [1.82, 2.24) is 10.2 Å². The molecule has 1 rings (SSSR count). The van der Waals surface area contributed by atoms with E-state index in [2.05, 4.69) is 5.32 Å². The van der Waals surface area contributed by atoms with Crippen molar-refractivity contribution in [3.05, 3.63) is 24.2 Å². The predicted molar refractivity (Wildman–Crippen MR) is 60.0 cm³/mol. The minimum absolute atomic E-state index is 0.180. The van der Waals surface area contributed by atoms with Crippen LogP contribution in [0.2, 0.25) is 0 Å². The van der Waals surface area contributed by atoms with Crippen LogP contribution in [0.5, 0.6) is 0 Å². The first-order valence-corrected chi connectivity index (χ1v) is 5.42. The van der Waals surface area contributed by atoms with Gasteiger partial charge in [0.15, 0.2) is 0 Å². The second kappa shape index (κ2) is 6.17. The molecule has 0 fully saturated rings. The fraction of sp³-hybridized carbons (Fsp3) is 0.545. The van der Waals surface area contributed by atoms with Crippen LogP contribution < -0.4 is 5.32 Å². The Morgan fingerprint density at radius 1 is 1.56 bits per heavy atom. The van der Waals surface area contributed by atoms with E-state index in [9.17, 15) is 9.90 Å². The molecule has 1 unspecified atom stereocenters. The molecule has 1 aromatic heterocycles. The first-order valence-electron chi connectivity index (χ1n) is 5.42. The van der Waals surface area contributed by atoms with Gasteiger partial charge in [-0.2, -0.15) is 0 Å². The second-order valence-electron chi connectivity index (χ2n) is 3.37. The van der Waals surface area contributed by atoms with Crippen molar-refractivity contribution in [2.45, 2.75) is 19.9 Å². The molecule has 5 nitrogen and oxygen atoms in total. The van der Waals surface area contributed by atoms with Gasteiger partial charge in [0.1, 0.15) is 11.8 Å². The maximum absolute atomic E-state index is 11.7. The normalized spacial score (nSPS) is 12.2. The van der Waals surface area contributed by atoms with E-state index in [0.717, 1.165) is 0 Å². The first kappa shape index (κ1) is 12.6. The number of aliphatic hydroxyl groups excluding tert-OH is 1. The number of urea groups is 1. The number of hydrogen-bond acceptors (Lipinski definition) is 3. The van der Waals surface area contributed by atoms with E-state index in [1.807, 2.05) is 13.8 Å². The smallest absolute Gasteiger partial charge is 0.318 e. The minimum atomic E-state index is -0.483. The molecule has 0 saturated carbocycles. The molecule has 16 heavy (non-hydrogen) atoms.